The van der Waals surface area contributed by atoms with Crippen LogP contribution < -0.4 is 10.4 Å². The van der Waals surface area contributed by atoms with Crippen molar-refractivity contribution in [3.05, 3.63) is 28.6 Å². The van der Waals surface area contributed by atoms with Gasteiger partial charge in [-0.3, -0.25) is 0 Å². The fourth-order valence-corrected chi connectivity index (χ4v) is 1.99. The highest BCUT2D eigenvalue weighted by Gasteiger charge is 2.15. The number of aromatic hydroxyl groups is 2. The molecule has 0 saturated heterocycles. The molecule has 0 bridgehead atoms. The minimum absolute atomic E-state index is 0.0340. The van der Waals surface area contributed by atoms with E-state index in [9.17, 15) is 15.0 Å². The molecular weight excluding hydrogens is 260 g/mol. The van der Waals surface area contributed by atoms with Crippen molar-refractivity contribution in [3.63, 3.8) is 0 Å². The summed E-state index contributed by atoms with van der Waals surface area (Å²) in [6.45, 7) is 2.47. The zero-order chi connectivity index (χ0) is 14.5. The second-order valence-corrected chi connectivity index (χ2v) is 4.66. The number of ether oxygens (including phenoxy) is 1. The van der Waals surface area contributed by atoms with Crippen molar-refractivity contribution >= 4 is 11.0 Å². The summed E-state index contributed by atoms with van der Waals surface area (Å²) in [6.07, 6.45) is 4.07. The molecule has 5 heteroatoms. The van der Waals surface area contributed by atoms with Gasteiger partial charge in [-0.2, -0.15) is 0 Å². The Hall–Kier alpha value is -2.17. The zero-order valence-electron chi connectivity index (χ0n) is 11.4. The molecule has 2 rings (SSSR count). The fraction of sp³-hybridized carbons (Fsp3) is 0.400. The molecule has 0 amide bonds. The lowest BCUT2D eigenvalue weighted by Crippen LogP contribution is -2.08. The van der Waals surface area contributed by atoms with Crippen LogP contribution in [0.4, 0.5) is 0 Å². The second-order valence-electron chi connectivity index (χ2n) is 4.66. The van der Waals surface area contributed by atoms with E-state index in [4.69, 9.17) is 9.15 Å². The molecule has 0 atom stereocenters. The Morgan fingerprint density at radius 2 is 2.00 bits per heavy atom. The van der Waals surface area contributed by atoms with E-state index in [1.807, 2.05) is 0 Å². The molecule has 0 unspecified atom stereocenters. The van der Waals surface area contributed by atoms with E-state index >= 15 is 0 Å². The van der Waals surface area contributed by atoms with Crippen molar-refractivity contribution < 1.29 is 19.4 Å². The second kappa shape index (κ2) is 6.32. The summed E-state index contributed by atoms with van der Waals surface area (Å²) in [6, 6.07) is 4.17. The highest BCUT2D eigenvalue weighted by atomic mass is 16.5. The summed E-state index contributed by atoms with van der Waals surface area (Å²) in [5.74, 6) is -0.445. The lowest BCUT2D eigenvalue weighted by Gasteiger charge is -2.08. The van der Waals surface area contributed by atoms with Gasteiger partial charge in [0.25, 0.3) is 0 Å². The van der Waals surface area contributed by atoms with Gasteiger partial charge in [0.15, 0.2) is 5.75 Å². The maximum absolute atomic E-state index is 11.8. The third-order valence-corrected chi connectivity index (χ3v) is 3.07. The van der Waals surface area contributed by atoms with Gasteiger partial charge in [-0.15, -0.1) is 0 Å². The summed E-state index contributed by atoms with van der Waals surface area (Å²) in [4.78, 5) is 11.8. The number of phenols is 1. The number of hydrogen-bond acceptors (Lipinski definition) is 5. The number of hydrogen-bond donors (Lipinski definition) is 2. The standard InChI is InChI=1S/C15H18O5/c1-2-3-4-5-8-19-14-13(17)11-7-6-10(16)9-12(11)20-15(14)18/h6-7,9,16-17H,2-5,8H2,1H3. The van der Waals surface area contributed by atoms with Gasteiger partial charge >= 0.3 is 5.63 Å². The maximum atomic E-state index is 11.8. The van der Waals surface area contributed by atoms with E-state index in [0.29, 0.717) is 12.0 Å². The number of benzene rings is 1. The molecule has 0 saturated carbocycles. The van der Waals surface area contributed by atoms with Gasteiger partial charge in [-0.25, -0.2) is 4.79 Å². The smallest absolute Gasteiger partial charge is 0.383 e. The Kier molecular flexibility index (Phi) is 4.50. The Labute approximate surface area is 116 Å². The molecule has 2 aromatic rings. The van der Waals surface area contributed by atoms with Crippen LogP contribution in [0.15, 0.2) is 27.4 Å². The van der Waals surface area contributed by atoms with Gasteiger partial charge in [0.1, 0.15) is 11.3 Å². The monoisotopic (exact) mass is 278 g/mol. The Morgan fingerprint density at radius 1 is 1.20 bits per heavy atom. The van der Waals surface area contributed by atoms with Gasteiger partial charge in [0, 0.05) is 6.07 Å². The van der Waals surface area contributed by atoms with Crippen LogP contribution >= 0.6 is 0 Å². The Morgan fingerprint density at radius 3 is 2.75 bits per heavy atom. The quantitative estimate of drug-likeness (QED) is 0.626. The predicted molar refractivity (Wildman–Crippen MR) is 75.5 cm³/mol. The minimum Gasteiger partial charge on any atom is -0.508 e. The number of phenolic OH excluding ortho intramolecular Hbond substituents is 1. The van der Waals surface area contributed by atoms with Crippen molar-refractivity contribution in [2.75, 3.05) is 6.61 Å². The topological polar surface area (TPSA) is 79.9 Å². The lowest BCUT2D eigenvalue weighted by molar-refractivity contribution is 0.276. The number of unbranched alkanes of at least 4 members (excludes halogenated alkanes) is 3. The van der Waals surface area contributed by atoms with Crippen molar-refractivity contribution in [3.8, 4) is 17.2 Å². The normalized spacial score (nSPS) is 10.8. The van der Waals surface area contributed by atoms with E-state index in [1.54, 1.807) is 0 Å². The molecule has 0 aliphatic heterocycles. The molecular formula is C15H18O5. The molecule has 1 heterocycles. The largest absolute Gasteiger partial charge is 0.508 e. The molecule has 0 aliphatic carbocycles. The Bertz CT molecular complexity index is 644. The van der Waals surface area contributed by atoms with E-state index < -0.39 is 5.63 Å². The van der Waals surface area contributed by atoms with E-state index in [0.717, 1.165) is 25.7 Å². The average molecular weight is 278 g/mol. The lowest BCUT2D eigenvalue weighted by atomic mass is 10.2. The van der Waals surface area contributed by atoms with Crippen LogP contribution in [-0.2, 0) is 0 Å². The SMILES string of the molecule is CCCCCCOc1c(O)c2ccc(O)cc2oc1=O. The molecule has 2 N–H and O–H groups in total. The minimum atomic E-state index is -0.740. The molecule has 0 fully saturated rings. The predicted octanol–water partition coefficient (Wildman–Crippen LogP) is 3.16. The third-order valence-electron chi connectivity index (χ3n) is 3.07. The van der Waals surface area contributed by atoms with E-state index in [-0.39, 0.29) is 22.8 Å². The first kappa shape index (κ1) is 14.2. The molecule has 1 aromatic heterocycles. The van der Waals surface area contributed by atoms with Crippen LogP contribution in [0.25, 0.3) is 11.0 Å². The molecule has 0 spiro atoms. The Balaban J connectivity index is 2.21. The van der Waals surface area contributed by atoms with Gasteiger partial charge < -0.3 is 19.4 Å². The van der Waals surface area contributed by atoms with Gasteiger partial charge in [-0.1, -0.05) is 26.2 Å². The van der Waals surface area contributed by atoms with Crippen molar-refractivity contribution in [2.45, 2.75) is 32.6 Å². The molecule has 5 nitrogen and oxygen atoms in total. The first-order valence-electron chi connectivity index (χ1n) is 6.75. The molecule has 108 valence electrons. The van der Waals surface area contributed by atoms with Crippen LogP contribution in [-0.4, -0.2) is 16.8 Å². The van der Waals surface area contributed by atoms with Gasteiger partial charge in [0.2, 0.25) is 5.75 Å². The fourth-order valence-electron chi connectivity index (χ4n) is 1.99. The number of rotatable bonds is 6. The summed E-state index contributed by atoms with van der Waals surface area (Å²) >= 11 is 0. The summed E-state index contributed by atoms with van der Waals surface area (Å²) in [5, 5.41) is 19.7. The molecule has 1 aromatic carbocycles. The van der Waals surface area contributed by atoms with Gasteiger partial charge in [-0.05, 0) is 18.6 Å². The zero-order valence-corrected chi connectivity index (χ0v) is 11.4. The van der Waals surface area contributed by atoms with Crippen LogP contribution in [0.1, 0.15) is 32.6 Å². The molecule has 0 radical (unpaired) electrons. The van der Waals surface area contributed by atoms with Crippen molar-refractivity contribution in [1.29, 1.82) is 0 Å². The molecule has 0 aliphatic rings. The highest BCUT2D eigenvalue weighted by molar-refractivity contribution is 5.86. The van der Waals surface area contributed by atoms with Crippen LogP contribution in [0, 0.1) is 0 Å². The third kappa shape index (κ3) is 3.04. The summed E-state index contributed by atoms with van der Waals surface area (Å²) in [7, 11) is 0. The van der Waals surface area contributed by atoms with E-state index in [2.05, 4.69) is 6.92 Å². The highest BCUT2D eigenvalue weighted by Crippen LogP contribution is 2.32. The van der Waals surface area contributed by atoms with Crippen LogP contribution in [0.3, 0.4) is 0 Å². The van der Waals surface area contributed by atoms with Crippen LogP contribution in [0.2, 0.25) is 0 Å². The first-order valence-corrected chi connectivity index (χ1v) is 6.75. The average Bonchev–Trinajstić information content (AvgIpc) is 2.41. The first-order chi connectivity index (χ1) is 9.63. The van der Waals surface area contributed by atoms with Gasteiger partial charge in [0.05, 0.1) is 12.0 Å². The molecule has 20 heavy (non-hydrogen) atoms. The van der Waals surface area contributed by atoms with Crippen LogP contribution in [0.5, 0.6) is 17.2 Å². The van der Waals surface area contributed by atoms with Crippen molar-refractivity contribution in [1.82, 2.24) is 0 Å². The number of fused-ring (bicyclic) bond motifs is 1. The summed E-state index contributed by atoms with van der Waals surface area (Å²) in [5.41, 5.74) is -0.609. The maximum Gasteiger partial charge on any atom is 0.383 e. The summed E-state index contributed by atoms with van der Waals surface area (Å²) < 4.78 is 10.4. The van der Waals surface area contributed by atoms with E-state index in [1.165, 1.54) is 18.2 Å². The van der Waals surface area contributed by atoms with Crippen molar-refractivity contribution in [2.24, 2.45) is 0 Å².